The lowest BCUT2D eigenvalue weighted by molar-refractivity contribution is -0.121. The molecule has 7 nitrogen and oxygen atoms in total. The van der Waals surface area contributed by atoms with Gasteiger partial charge in [-0.15, -0.1) is 0 Å². The minimum Gasteiger partial charge on any atom is -0.493 e. The highest BCUT2D eigenvalue weighted by molar-refractivity contribution is 7.91. The summed E-state index contributed by atoms with van der Waals surface area (Å²) >= 11 is 0. The van der Waals surface area contributed by atoms with E-state index in [1.54, 1.807) is 18.2 Å². The number of para-hydroxylation sites is 1. The maximum Gasteiger partial charge on any atom is 0.240 e. The van der Waals surface area contributed by atoms with Crippen molar-refractivity contribution < 1.29 is 22.7 Å². The van der Waals surface area contributed by atoms with Crippen molar-refractivity contribution in [2.45, 2.75) is 12.8 Å². The van der Waals surface area contributed by atoms with Crippen LogP contribution in [0, 0.1) is 5.92 Å². The molecule has 2 rings (SSSR count). The number of sulfone groups is 1. The third-order valence-electron chi connectivity index (χ3n) is 3.63. The van der Waals surface area contributed by atoms with Crippen molar-refractivity contribution in [3.8, 4) is 11.5 Å². The van der Waals surface area contributed by atoms with Crippen LogP contribution in [-0.2, 0) is 14.6 Å². The summed E-state index contributed by atoms with van der Waals surface area (Å²) in [5.41, 5.74) is 3.08. The van der Waals surface area contributed by atoms with Crippen LogP contribution < -0.4 is 14.9 Å². The molecule has 0 spiro atoms. The number of methoxy groups -OCH3 is 2. The molecule has 1 amide bonds. The van der Waals surface area contributed by atoms with Gasteiger partial charge in [0.25, 0.3) is 0 Å². The maximum absolute atomic E-state index is 11.8. The number of nitrogens with zero attached hydrogens (tertiary/aromatic N) is 1. The van der Waals surface area contributed by atoms with Gasteiger partial charge in [0, 0.05) is 12.0 Å². The first kappa shape index (κ1) is 17.3. The second kappa shape index (κ2) is 7.45. The lowest BCUT2D eigenvalue weighted by atomic mass is 10.1. The predicted octanol–water partition coefficient (Wildman–Crippen LogP) is 0.979. The smallest absolute Gasteiger partial charge is 0.240 e. The quantitative estimate of drug-likeness (QED) is 0.615. The third-order valence-corrected chi connectivity index (χ3v) is 5.46. The van der Waals surface area contributed by atoms with Crippen molar-refractivity contribution >= 4 is 22.0 Å². The largest absolute Gasteiger partial charge is 0.493 e. The summed E-state index contributed by atoms with van der Waals surface area (Å²) in [5, 5.41) is 3.89. The van der Waals surface area contributed by atoms with Gasteiger partial charge >= 0.3 is 0 Å². The molecule has 1 heterocycles. The van der Waals surface area contributed by atoms with E-state index >= 15 is 0 Å². The molecule has 23 heavy (non-hydrogen) atoms. The molecule has 1 fully saturated rings. The van der Waals surface area contributed by atoms with Gasteiger partial charge in [0.2, 0.25) is 5.91 Å². The van der Waals surface area contributed by atoms with Gasteiger partial charge in [-0.1, -0.05) is 6.07 Å². The van der Waals surface area contributed by atoms with Crippen molar-refractivity contribution in [2.24, 2.45) is 11.0 Å². The van der Waals surface area contributed by atoms with E-state index in [0.717, 1.165) is 0 Å². The Kier molecular flexibility index (Phi) is 5.59. The van der Waals surface area contributed by atoms with Gasteiger partial charge < -0.3 is 9.47 Å². The van der Waals surface area contributed by atoms with E-state index in [1.165, 1.54) is 20.4 Å². The monoisotopic (exact) mass is 340 g/mol. The molecule has 1 aliphatic heterocycles. The number of benzene rings is 1. The fourth-order valence-corrected chi connectivity index (χ4v) is 4.39. The number of ether oxygens (including phenoxy) is 2. The van der Waals surface area contributed by atoms with Crippen molar-refractivity contribution in [1.82, 2.24) is 5.43 Å². The highest BCUT2D eigenvalue weighted by Gasteiger charge is 2.29. The number of hydrazone groups is 1. The van der Waals surface area contributed by atoms with Crippen LogP contribution in [0.4, 0.5) is 0 Å². The first-order valence-corrected chi connectivity index (χ1v) is 9.00. The molecular formula is C15H20N2O5S. The number of carbonyl (C=O) groups is 1. The molecule has 1 aromatic rings. The average Bonchev–Trinajstić information content (AvgIpc) is 2.85. The average molecular weight is 340 g/mol. The molecule has 1 N–H and O–H groups in total. The zero-order valence-electron chi connectivity index (χ0n) is 13.1. The van der Waals surface area contributed by atoms with Crippen LogP contribution in [-0.4, -0.2) is 46.3 Å². The minimum absolute atomic E-state index is 0.0772. The van der Waals surface area contributed by atoms with E-state index in [2.05, 4.69) is 10.5 Å². The van der Waals surface area contributed by atoms with Crippen LogP contribution in [0.3, 0.4) is 0 Å². The summed E-state index contributed by atoms with van der Waals surface area (Å²) in [4.78, 5) is 11.8. The molecule has 1 aliphatic rings. The van der Waals surface area contributed by atoms with Gasteiger partial charge in [0.1, 0.15) is 0 Å². The number of amides is 1. The van der Waals surface area contributed by atoms with Crippen LogP contribution in [0.25, 0.3) is 0 Å². The van der Waals surface area contributed by atoms with Gasteiger partial charge in [-0.3, -0.25) is 4.79 Å². The van der Waals surface area contributed by atoms with Crippen molar-refractivity contribution in [1.29, 1.82) is 0 Å². The molecule has 0 unspecified atom stereocenters. The summed E-state index contributed by atoms with van der Waals surface area (Å²) < 4.78 is 33.2. The van der Waals surface area contributed by atoms with Crippen LogP contribution >= 0.6 is 0 Å². The lowest BCUT2D eigenvalue weighted by Gasteiger charge is -2.09. The van der Waals surface area contributed by atoms with Crippen LogP contribution in [0.1, 0.15) is 18.4 Å². The number of rotatable bonds is 6. The molecule has 0 bridgehead atoms. The Morgan fingerprint density at radius 3 is 2.78 bits per heavy atom. The molecule has 0 radical (unpaired) electrons. The first-order chi connectivity index (χ1) is 10.9. The van der Waals surface area contributed by atoms with Gasteiger partial charge in [0.05, 0.1) is 31.9 Å². The van der Waals surface area contributed by atoms with E-state index in [4.69, 9.17) is 9.47 Å². The van der Waals surface area contributed by atoms with Crippen LogP contribution in [0.15, 0.2) is 23.3 Å². The van der Waals surface area contributed by atoms with Gasteiger partial charge in [-0.05, 0) is 24.5 Å². The Morgan fingerprint density at radius 2 is 2.17 bits per heavy atom. The molecule has 0 saturated carbocycles. The first-order valence-electron chi connectivity index (χ1n) is 7.18. The van der Waals surface area contributed by atoms with Crippen LogP contribution in [0.5, 0.6) is 11.5 Å². The zero-order valence-corrected chi connectivity index (χ0v) is 13.9. The third kappa shape index (κ3) is 4.69. The van der Waals surface area contributed by atoms with Crippen LogP contribution in [0.2, 0.25) is 0 Å². The van der Waals surface area contributed by atoms with E-state index in [9.17, 15) is 13.2 Å². The standard InChI is InChI=1S/C15H20N2O5S/c1-21-13-5-3-4-12(15(13)22-2)9-16-17-14(18)8-11-6-7-23(19,20)10-11/h3-5,9,11H,6-8,10H2,1-2H3,(H,17,18)/b16-9-/t11-/m1/s1. The molecule has 1 atom stereocenters. The molecule has 1 aromatic carbocycles. The summed E-state index contributed by atoms with van der Waals surface area (Å²) in [6.07, 6.45) is 2.15. The van der Waals surface area contributed by atoms with Crippen molar-refractivity contribution in [2.75, 3.05) is 25.7 Å². The SMILES string of the molecule is COc1cccc(/C=N\NC(=O)C[C@H]2CCS(=O)(=O)C2)c1OC. The fourth-order valence-electron chi connectivity index (χ4n) is 2.53. The maximum atomic E-state index is 11.8. The summed E-state index contributed by atoms with van der Waals surface area (Å²) in [6.45, 7) is 0. The Morgan fingerprint density at radius 1 is 1.39 bits per heavy atom. The zero-order chi connectivity index (χ0) is 16.9. The second-order valence-corrected chi connectivity index (χ2v) is 7.58. The van der Waals surface area contributed by atoms with Gasteiger partial charge in [0.15, 0.2) is 21.3 Å². The second-order valence-electron chi connectivity index (χ2n) is 5.35. The van der Waals surface area contributed by atoms with Crippen molar-refractivity contribution in [3.05, 3.63) is 23.8 Å². The molecular weight excluding hydrogens is 320 g/mol. The topological polar surface area (TPSA) is 94.1 Å². The summed E-state index contributed by atoms with van der Waals surface area (Å²) in [5.74, 6) is 0.906. The summed E-state index contributed by atoms with van der Waals surface area (Å²) in [7, 11) is 0.0899. The van der Waals surface area contributed by atoms with Crippen molar-refractivity contribution in [3.63, 3.8) is 0 Å². The molecule has 0 aliphatic carbocycles. The Hall–Kier alpha value is -2.09. The molecule has 1 saturated heterocycles. The fraction of sp³-hybridized carbons (Fsp3) is 0.467. The Balaban J connectivity index is 1.93. The Labute approximate surface area is 135 Å². The molecule has 8 heteroatoms. The normalized spacial score (nSPS) is 19.7. The number of carbonyl (C=O) groups excluding carboxylic acids is 1. The van der Waals surface area contributed by atoms with Gasteiger partial charge in [-0.2, -0.15) is 5.10 Å². The number of hydrogen-bond acceptors (Lipinski definition) is 6. The molecule has 126 valence electrons. The van der Waals surface area contributed by atoms with E-state index < -0.39 is 9.84 Å². The summed E-state index contributed by atoms with van der Waals surface area (Å²) in [6, 6.07) is 5.32. The predicted molar refractivity (Wildman–Crippen MR) is 86.7 cm³/mol. The van der Waals surface area contributed by atoms with E-state index in [1.807, 2.05) is 0 Å². The highest BCUT2D eigenvalue weighted by Crippen LogP contribution is 2.29. The highest BCUT2D eigenvalue weighted by atomic mass is 32.2. The van der Waals surface area contributed by atoms with Gasteiger partial charge in [-0.25, -0.2) is 13.8 Å². The molecule has 0 aromatic heterocycles. The van der Waals surface area contributed by atoms with E-state index in [-0.39, 0.29) is 29.8 Å². The minimum atomic E-state index is -2.97. The Bertz CT molecular complexity index is 700. The number of hydrogen-bond donors (Lipinski definition) is 1. The lowest BCUT2D eigenvalue weighted by Crippen LogP contribution is -2.21. The number of nitrogens with one attached hydrogen (secondary N) is 1. The van der Waals surface area contributed by atoms with E-state index in [0.29, 0.717) is 23.5 Å².